The molecule has 2 fully saturated rings. The smallest absolute Gasteiger partial charge is 0.282 e. The highest BCUT2D eigenvalue weighted by Crippen LogP contribution is 2.27. The average molecular weight is 420 g/mol. The van der Waals surface area contributed by atoms with Gasteiger partial charge in [-0.1, -0.05) is 12.1 Å². The topological polar surface area (TPSA) is 62.7 Å². The van der Waals surface area contributed by atoms with Crippen molar-refractivity contribution in [1.82, 2.24) is 13.6 Å². The van der Waals surface area contributed by atoms with Crippen molar-refractivity contribution >= 4 is 10.2 Å². The van der Waals surface area contributed by atoms with Gasteiger partial charge in [0, 0.05) is 31.9 Å². The maximum atomic E-state index is 13.5. The lowest BCUT2D eigenvalue weighted by atomic mass is 10.0. The average Bonchev–Trinajstić information content (AvgIpc) is 3.23. The number of benzene rings is 1. The summed E-state index contributed by atoms with van der Waals surface area (Å²) in [5.74, 6) is -0.258. The third kappa shape index (κ3) is 4.66. The van der Waals surface area contributed by atoms with Gasteiger partial charge in [-0.2, -0.15) is 17.0 Å². The second kappa shape index (κ2) is 8.47. The highest BCUT2D eigenvalue weighted by molar-refractivity contribution is 7.86. The number of aryl methyl sites for hydroxylation is 1. The Balaban J connectivity index is 1.53. The minimum absolute atomic E-state index is 0.258. The molecular weight excluding hydrogens is 393 g/mol. The van der Waals surface area contributed by atoms with E-state index in [2.05, 4.69) is 4.98 Å². The third-order valence-corrected chi connectivity index (χ3v) is 7.41. The maximum absolute atomic E-state index is 13.5. The summed E-state index contributed by atoms with van der Waals surface area (Å²) >= 11 is 0. The van der Waals surface area contributed by atoms with Crippen LogP contribution in [0.4, 0.5) is 4.39 Å². The minimum Gasteiger partial charge on any atom is -0.369 e. The molecule has 156 valence electrons. The monoisotopic (exact) mass is 419 g/mol. The zero-order valence-electron chi connectivity index (χ0n) is 16.6. The van der Waals surface area contributed by atoms with E-state index in [4.69, 9.17) is 4.74 Å². The van der Waals surface area contributed by atoms with Crippen molar-refractivity contribution in [3.63, 3.8) is 0 Å². The molecule has 2 aliphatic heterocycles. The summed E-state index contributed by atoms with van der Waals surface area (Å²) in [5.41, 5.74) is 3.43. The number of hydrogen-bond acceptors (Lipinski definition) is 4. The van der Waals surface area contributed by atoms with Crippen LogP contribution in [-0.4, -0.2) is 54.8 Å². The SMILES string of the molecule is Cc1cc(Cc2cccc(F)c2)cc(C2CN(S(=O)(=O)N3CCCC3)CCO2)n1. The Morgan fingerprint density at radius 3 is 2.66 bits per heavy atom. The Bertz CT molecular complexity index is 977. The van der Waals surface area contributed by atoms with Gasteiger partial charge >= 0.3 is 0 Å². The van der Waals surface area contributed by atoms with Gasteiger partial charge in [-0.15, -0.1) is 0 Å². The number of nitrogens with zero attached hydrogens (tertiary/aromatic N) is 3. The van der Waals surface area contributed by atoms with Gasteiger partial charge in [0.2, 0.25) is 0 Å². The summed E-state index contributed by atoms with van der Waals surface area (Å²) in [6, 6.07) is 10.4. The van der Waals surface area contributed by atoms with Crippen LogP contribution in [0.2, 0.25) is 0 Å². The summed E-state index contributed by atoms with van der Waals surface area (Å²) in [4.78, 5) is 4.60. The lowest BCUT2D eigenvalue weighted by Crippen LogP contribution is -2.48. The molecule has 0 spiro atoms. The van der Waals surface area contributed by atoms with E-state index in [9.17, 15) is 12.8 Å². The molecule has 1 atom stereocenters. The zero-order chi connectivity index (χ0) is 20.4. The summed E-state index contributed by atoms with van der Waals surface area (Å²) < 4.78 is 48.3. The van der Waals surface area contributed by atoms with Crippen LogP contribution in [0.1, 0.15) is 41.5 Å². The molecule has 2 aromatic rings. The first-order valence-electron chi connectivity index (χ1n) is 10.0. The number of morpholine rings is 1. The second-order valence-electron chi connectivity index (χ2n) is 7.68. The lowest BCUT2D eigenvalue weighted by Gasteiger charge is -2.34. The molecule has 2 saturated heterocycles. The van der Waals surface area contributed by atoms with Gasteiger partial charge in [0.25, 0.3) is 10.2 Å². The Hall–Kier alpha value is -1.87. The first-order chi connectivity index (χ1) is 13.9. The molecule has 0 aliphatic carbocycles. The summed E-state index contributed by atoms with van der Waals surface area (Å²) in [6.45, 7) is 4.04. The van der Waals surface area contributed by atoms with E-state index in [0.29, 0.717) is 32.7 Å². The molecule has 0 bridgehead atoms. The molecule has 0 N–H and O–H groups in total. The maximum Gasteiger partial charge on any atom is 0.282 e. The Morgan fingerprint density at radius 1 is 1.10 bits per heavy atom. The second-order valence-corrected chi connectivity index (χ2v) is 9.61. The number of pyridine rings is 1. The van der Waals surface area contributed by atoms with Crippen LogP contribution in [0.3, 0.4) is 0 Å². The van der Waals surface area contributed by atoms with Crippen molar-refractivity contribution in [3.8, 4) is 0 Å². The predicted octanol–water partition coefficient (Wildman–Crippen LogP) is 2.83. The van der Waals surface area contributed by atoms with E-state index in [1.54, 1.807) is 10.4 Å². The number of halogens is 1. The number of rotatable bonds is 5. The fraction of sp³-hybridized carbons (Fsp3) is 0.476. The summed E-state index contributed by atoms with van der Waals surface area (Å²) in [6.07, 6.45) is 2.00. The fourth-order valence-corrected chi connectivity index (χ4v) is 5.69. The first kappa shape index (κ1) is 20.4. The van der Waals surface area contributed by atoms with E-state index in [1.807, 2.05) is 25.1 Å². The van der Waals surface area contributed by atoms with Crippen molar-refractivity contribution in [1.29, 1.82) is 0 Å². The van der Waals surface area contributed by atoms with Gasteiger partial charge in [0.1, 0.15) is 11.9 Å². The van der Waals surface area contributed by atoms with Crippen LogP contribution in [0.5, 0.6) is 0 Å². The van der Waals surface area contributed by atoms with Crippen LogP contribution in [0, 0.1) is 12.7 Å². The molecule has 1 unspecified atom stereocenters. The fourth-order valence-electron chi connectivity index (χ4n) is 4.01. The molecule has 8 heteroatoms. The van der Waals surface area contributed by atoms with Gasteiger partial charge < -0.3 is 4.74 Å². The summed E-state index contributed by atoms with van der Waals surface area (Å²) in [5, 5.41) is 0. The molecule has 0 amide bonds. The van der Waals surface area contributed by atoms with E-state index in [0.717, 1.165) is 35.4 Å². The van der Waals surface area contributed by atoms with E-state index in [-0.39, 0.29) is 12.4 Å². The molecule has 4 rings (SSSR count). The highest BCUT2D eigenvalue weighted by atomic mass is 32.2. The highest BCUT2D eigenvalue weighted by Gasteiger charge is 2.36. The van der Waals surface area contributed by atoms with Gasteiger partial charge in [-0.25, -0.2) is 4.39 Å². The molecule has 1 aromatic carbocycles. The lowest BCUT2D eigenvalue weighted by molar-refractivity contribution is -0.00656. The Labute approximate surface area is 171 Å². The molecule has 0 saturated carbocycles. The largest absolute Gasteiger partial charge is 0.369 e. The van der Waals surface area contributed by atoms with Gasteiger partial charge in [0.15, 0.2) is 0 Å². The van der Waals surface area contributed by atoms with Crippen LogP contribution < -0.4 is 0 Å². The van der Waals surface area contributed by atoms with Gasteiger partial charge in [0.05, 0.1) is 12.3 Å². The number of hydrogen-bond donors (Lipinski definition) is 0. The molecular formula is C21H26FN3O3S. The van der Waals surface area contributed by atoms with Gasteiger partial charge in [-0.05, 0) is 61.6 Å². The standard InChI is InChI=1S/C21H26FN3O3S/c1-16-11-18(12-17-5-4-6-19(22)13-17)14-20(23-16)21-15-25(9-10-28-21)29(26,27)24-7-2-3-8-24/h4-6,11,13-14,21H,2-3,7-10,12,15H2,1H3. The molecule has 3 heterocycles. The predicted molar refractivity (Wildman–Crippen MR) is 108 cm³/mol. The number of ether oxygens (including phenoxy) is 1. The van der Waals surface area contributed by atoms with E-state index < -0.39 is 16.3 Å². The molecule has 2 aliphatic rings. The van der Waals surface area contributed by atoms with Crippen LogP contribution in [0.15, 0.2) is 36.4 Å². The minimum atomic E-state index is -3.46. The summed E-state index contributed by atoms with van der Waals surface area (Å²) in [7, 11) is -3.46. The van der Waals surface area contributed by atoms with Crippen LogP contribution >= 0.6 is 0 Å². The third-order valence-electron chi connectivity index (χ3n) is 5.41. The van der Waals surface area contributed by atoms with E-state index in [1.165, 1.54) is 16.4 Å². The molecule has 6 nitrogen and oxygen atoms in total. The van der Waals surface area contributed by atoms with Crippen LogP contribution in [-0.2, 0) is 21.4 Å². The quantitative estimate of drug-likeness (QED) is 0.748. The van der Waals surface area contributed by atoms with Crippen molar-refractivity contribution in [2.24, 2.45) is 0 Å². The zero-order valence-corrected chi connectivity index (χ0v) is 17.4. The van der Waals surface area contributed by atoms with Crippen molar-refractivity contribution in [2.75, 3.05) is 32.8 Å². The van der Waals surface area contributed by atoms with Crippen molar-refractivity contribution in [2.45, 2.75) is 32.3 Å². The van der Waals surface area contributed by atoms with Crippen molar-refractivity contribution in [3.05, 3.63) is 64.7 Å². The van der Waals surface area contributed by atoms with E-state index >= 15 is 0 Å². The van der Waals surface area contributed by atoms with Crippen LogP contribution in [0.25, 0.3) is 0 Å². The van der Waals surface area contributed by atoms with Gasteiger partial charge in [-0.3, -0.25) is 4.98 Å². The number of aromatic nitrogens is 1. The first-order valence-corrected chi connectivity index (χ1v) is 11.4. The Kier molecular flexibility index (Phi) is 5.96. The molecule has 1 aromatic heterocycles. The Morgan fingerprint density at radius 2 is 1.90 bits per heavy atom. The molecule has 29 heavy (non-hydrogen) atoms. The molecule has 0 radical (unpaired) electrons. The normalized spacial score (nSPS) is 21.5. The van der Waals surface area contributed by atoms with Crippen molar-refractivity contribution < 1.29 is 17.5 Å².